The molecule has 128 valence electrons. The number of nitrogens with one attached hydrogen (secondary N) is 1. The third-order valence-electron chi connectivity index (χ3n) is 4.25. The van der Waals surface area contributed by atoms with E-state index in [0.29, 0.717) is 12.0 Å². The molecule has 0 heterocycles. The molecule has 0 fully saturated rings. The summed E-state index contributed by atoms with van der Waals surface area (Å²) in [5.74, 6) is -0.506. The molecule has 0 radical (unpaired) electrons. The molecule has 0 bridgehead atoms. The molecule has 2 N–H and O–H groups in total. The number of carbonyl (C=O) groups is 1. The van der Waals surface area contributed by atoms with Crippen molar-refractivity contribution in [2.75, 3.05) is 6.54 Å². The second kappa shape index (κ2) is 7.90. The van der Waals surface area contributed by atoms with Crippen LogP contribution in [0.15, 0.2) is 66.7 Å². The van der Waals surface area contributed by atoms with Crippen molar-refractivity contribution in [3.05, 3.63) is 83.7 Å². The number of carbonyl (C=O) groups excluding carboxylic acids is 1. The summed E-state index contributed by atoms with van der Waals surface area (Å²) >= 11 is 0. The second-order valence-corrected chi connectivity index (χ2v) is 5.98. The number of benzene rings is 3. The van der Waals surface area contributed by atoms with E-state index >= 15 is 0 Å². The smallest absolute Gasteiger partial charge is 0.220 e. The molecule has 0 unspecified atom stereocenters. The van der Waals surface area contributed by atoms with Crippen molar-refractivity contribution in [2.45, 2.75) is 18.9 Å². The van der Waals surface area contributed by atoms with Crippen molar-refractivity contribution in [2.24, 2.45) is 0 Å². The van der Waals surface area contributed by atoms with Gasteiger partial charge in [-0.3, -0.25) is 4.79 Å². The third-order valence-corrected chi connectivity index (χ3v) is 4.25. The van der Waals surface area contributed by atoms with Crippen LogP contribution in [0, 0.1) is 5.82 Å². The Hall–Kier alpha value is -2.72. The maximum atomic E-state index is 13.6. The molecule has 0 aliphatic carbocycles. The Bertz CT molecular complexity index is 873. The van der Waals surface area contributed by atoms with Crippen LogP contribution in [-0.4, -0.2) is 17.6 Å². The van der Waals surface area contributed by atoms with Crippen molar-refractivity contribution in [1.82, 2.24) is 5.32 Å². The van der Waals surface area contributed by atoms with Gasteiger partial charge in [0, 0.05) is 13.0 Å². The van der Waals surface area contributed by atoms with E-state index in [-0.39, 0.29) is 24.7 Å². The van der Waals surface area contributed by atoms with Gasteiger partial charge in [0.15, 0.2) is 0 Å². The summed E-state index contributed by atoms with van der Waals surface area (Å²) in [6.45, 7) is 0.129. The molecule has 1 amide bonds. The Kier molecular flexibility index (Phi) is 5.41. The van der Waals surface area contributed by atoms with Gasteiger partial charge in [-0.05, 0) is 34.4 Å². The van der Waals surface area contributed by atoms with Gasteiger partial charge in [0.25, 0.3) is 0 Å². The number of aryl methyl sites for hydroxylation is 1. The summed E-state index contributed by atoms with van der Waals surface area (Å²) in [5.41, 5.74) is 1.31. The lowest BCUT2D eigenvalue weighted by Crippen LogP contribution is -2.28. The molecule has 0 saturated heterocycles. The molecule has 0 spiro atoms. The van der Waals surface area contributed by atoms with E-state index in [2.05, 4.69) is 5.32 Å². The lowest BCUT2D eigenvalue weighted by molar-refractivity contribution is -0.121. The molecular formula is C21H20FNO2. The molecular weight excluding hydrogens is 317 g/mol. The van der Waals surface area contributed by atoms with Crippen LogP contribution in [0.3, 0.4) is 0 Å². The van der Waals surface area contributed by atoms with Crippen molar-refractivity contribution < 1.29 is 14.3 Å². The number of aliphatic hydroxyl groups is 1. The number of rotatable bonds is 6. The van der Waals surface area contributed by atoms with Crippen LogP contribution in [-0.2, 0) is 11.2 Å². The molecule has 0 aliphatic rings. The van der Waals surface area contributed by atoms with E-state index in [9.17, 15) is 14.3 Å². The lowest BCUT2D eigenvalue weighted by atomic mass is 10.0. The fraction of sp³-hybridized carbons (Fsp3) is 0.190. The molecule has 3 aromatic rings. The Morgan fingerprint density at radius 2 is 1.72 bits per heavy atom. The largest absolute Gasteiger partial charge is 0.387 e. The molecule has 0 aromatic heterocycles. The maximum absolute atomic E-state index is 13.6. The minimum absolute atomic E-state index is 0.129. The average Bonchev–Trinajstić information content (AvgIpc) is 2.65. The molecule has 25 heavy (non-hydrogen) atoms. The third kappa shape index (κ3) is 4.22. The van der Waals surface area contributed by atoms with Gasteiger partial charge in [-0.15, -0.1) is 0 Å². The van der Waals surface area contributed by atoms with E-state index < -0.39 is 6.10 Å². The van der Waals surface area contributed by atoms with Crippen LogP contribution in [0.2, 0.25) is 0 Å². The van der Waals surface area contributed by atoms with E-state index in [1.54, 1.807) is 18.2 Å². The van der Waals surface area contributed by atoms with Gasteiger partial charge in [0.1, 0.15) is 5.82 Å². The number of hydrogen-bond acceptors (Lipinski definition) is 2. The predicted molar refractivity (Wildman–Crippen MR) is 96.6 cm³/mol. The number of hydrogen-bond donors (Lipinski definition) is 2. The normalized spacial score (nSPS) is 12.1. The number of aliphatic hydroxyl groups excluding tert-OH is 1. The molecule has 3 rings (SSSR count). The first-order valence-corrected chi connectivity index (χ1v) is 8.31. The Morgan fingerprint density at radius 3 is 2.56 bits per heavy atom. The zero-order valence-electron chi connectivity index (χ0n) is 13.8. The summed E-state index contributed by atoms with van der Waals surface area (Å²) in [6.07, 6.45) is -0.269. The van der Waals surface area contributed by atoms with Crippen LogP contribution in [0.5, 0.6) is 0 Å². The van der Waals surface area contributed by atoms with Crippen molar-refractivity contribution in [3.63, 3.8) is 0 Å². The van der Waals surface area contributed by atoms with Crippen LogP contribution < -0.4 is 5.32 Å². The minimum atomic E-state index is -0.788. The lowest BCUT2D eigenvalue weighted by Gasteiger charge is -2.15. The van der Waals surface area contributed by atoms with E-state index in [1.165, 1.54) is 6.07 Å². The number of fused-ring (bicyclic) bond motifs is 1. The van der Waals surface area contributed by atoms with Gasteiger partial charge < -0.3 is 10.4 Å². The highest BCUT2D eigenvalue weighted by atomic mass is 19.1. The summed E-state index contributed by atoms with van der Waals surface area (Å²) in [4.78, 5) is 12.0. The average molecular weight is 337 g/mol. The molecule has 3 nitrogen and oxygen atoms in total. The molecule has 1 atom stereocenters. The zero-order valence-corrected chi connectivity index (χ0v) is 13.8. The standard InChI is InChI=1S/C21H20FNO2/c22-19-11-4-2-7-16(19)12-13-21(25)23-14-20(24)18-10-5-8-15-6-1-3-9-17(15)18/h1-11,20,24H,12-14H2,(H,23,25)/t20-/m0/s1. The second-order valence-electron chi connectivity index (χ2n) is 5.98. The monoisotopic (exact) mass is 337 g/mol. The van der Waals surface area contributed by atoms with Gasteiger partial charge in [-0.25, -0.2) is 4.39 Å². The van der Waals surface area contributed by atoms with Crippen molar-refractivity contribution in [3.8, 4) is 0 Å². The molecule has 3 aromatic carbocycles. The Labute approximate surface area is 146 Å². The highest BCUT2D eigenvalue weighted by Gasteiger charge is 2.13. The fourth-order valence-electron chi connectivity index (χ4n) is 2.90. The Balaban J connectivity index is 1.57. The fourth-order valence-corrected chi connectivity index (χ4v) is 2.90. The SMILES string of the molecule is O=C(CCc1ccccc1F)NC[C@H](O)c1cccc2ccccc12. The molecule has 0 aliphatic heterocycles. The summed E-state index contributed by atoms with van der Waals surface area (Å²) < 4.78 is 13.6. The first-order valence-electron chi connectivity index (χ1n) is 8.31. The summed E-state index contributed by atoms with van der Waals surface area (Å²) in [5, 5.41) is 15.2. The minimum Gasteiger partial charge on any atom is -0.387 e. The highest BCUT2D eigenvalue weighted by Crippen LogP contribution is 2.23. The quantitative estimate of drug-likeness (QED) is 0.719. The molecule has 4 heteroatoms. The first-order chi connectivity index (χ1) is 12.1. The van der Waals surface area contributed by atoms with E-state index in [1.807, 2.05) is 42.5 Å². The molecule has 0 saturated carbocycles. The zero-order chi connectivity index (χ0) is 17.6. The number of amides is 1. The van der Waals surface area contributed by atoms with E-state index in [4.69, 9.17) is 0 Å². The topological polar surface area (TPSA) is 49.3 Å². The van der Waals surface area contributed by atoms with E-state index in [0.717, 1.165) is 16.3 Å². The first kappa shape index (κ1) is 17.1. The maximum Gasteiger partial charge on any atom is 0.220 e. The van der Waals surface area contributed by atoms with Crippen LogP contribution in [0.1, 0.15) is 23.7 Å². The van der Waals surface area contributed by atoms with Gasteiger partial charge in [-0.2, -0.15) is 0 Å². The van der Waals surface area contributed by atoms with Crippen molar-refractivity contribution >= 4 is 16.7 Å². The van der Waals surface area contributed by atoms with Crippen LogP contribution in [0.4, 0.5) is 4.39 Å². The number of halogens is 1. The predicted octanol–water partition coefficient (Wildman–Crippen LogP) is 3.76. The van der Waals surface area contributed by atoms with Crippen molar-refractivity contribution in [1.29, 1.82) is 0 Å². The van der Waals surface area contributed by atoms with Gasteiger partial charge in [-0.1, -0.05) is 60.7 Å². The van der Waals surface area contributed by atoms with Gasteiger partial charge in [0.05, 0.1) is 6.10 Å². The van der Waals surface area contributed by atoms with Gasteiger partial charge >= 0.3 is 0 Å². The highest BCUT2D eigenvalue weighted by molar-refractivity contribution is 5.86. The van der Waals surface area contributed by atoms with Gasteiger partial charge in [0.2, 0.25) is 5.91 Å². The summed E-state index contributed by atoms with van der Waals surface area (Å²) in [6, 6.07) is 20.0. The van der Waals surface area contributed by atoms with Crippen LogP contribution >= 0.6 is 0 Å². The van der Waals surface area contributed by atoms with Crippen LogP contribution in [0.25, 0.3) is 10.8 Å². The summed E-state index contributed by atoms with van der Waals surface area (Å²) in [7, 11) is 0. The Morgan fingerprint density at radius 1 is 1.00 bits per heavy atom.